The maximum Gasteiger partial charge on any atom is 0.262 e. The summed E-state index contributed by atoms with van der Waals surface area (Å²) in [6, 6.07) is 11.9. The first-order valence-electron chi connectivity index (χ1n) is 11.5. The molecule has 3 rings (SSSR count). The first kappa shape index (κ1) is 26.2. The lowest BCUT2D eigenvalue weighted by Crippen LogP contribution is -2.39. The lowest BCUT2D eigenvalue weighted by atomic mass is 10.1. The molecule has 0 fully saturated rings. The molecule has 9 nitrogen and oxygen atoms in total. The quantitative estimate of drug-likeness (QED) is 0.365. The van der Waals surface area contributed by atoms with Crippen molar-refractivity contribution in [3.05, 3.63) is 64.2 Å². The third-order valence-corrected chi connectivity index (χ3v) is 5.90. The number of rotatable bonds is 12. The molecule has 188 valence electrons. The Hall–Kier alpha value is -3.43. The zero-order valence-corrected chi connectivity index (χ0v) is 20.9. The third-order valence-electron chi connectivity index (χ3n) is 5.90. The number of aromatic nitrogens is 2. The van der Waals surface area contributed by atoms with E-state index in [1.165, 1.54) is 14.2 Å². The van der Waals surface area contributed by atoms with Crippen LogP contribution >= 0.6 is 0 Å². The van der Waals surface area contributed by atoms with E-state index in [4.69, 9.17) is 23.9 Å². The number of fused-ring (bicyclic) bond motifs is 1. The van der Waals surface area contributed by atoms with Gasteiger partial charge in [0.05, 0.1) is 44.3 Å². The highest BCUT2D eigenvalue weighted by molar-refractivity contribution is 6.00. The van der Waals surface area contributed by atoms with Crippen molar-refractivity contribution in [3.8, 4) is 11.5 Å². The van der Waals surface area contributed by atoms with E-state index >= 15 is 0 Å². The Morgan fingerprint density at radius 2 is 1.63 bits per heavy atom. The number of amides is 1. The normalized spacial score (nSPS) is 11.9. The molecule has 0 aliphatic carbocycles. The molecule has 0 aliphatic rings. The molecular formula is C26H33N3O6. The number of carbonyl (C=O) groups is 1. The molecule has 1 amide bonds. The molecule has 35 heavy (non-hydrogen) atoms. The fourth-order valence-electron chi connectivity index (χ4n) is 4.10. The number of carbonyl (C=O) groups excluding carboxylic acids is 1. The molecule has 0 bridgehead atoms. The van der Waals surface area contributed by atoms with Crippen molar-refractivity contribution in [2.24, 2.45) is 0 Å². The minimum atomic E-state index is -0.539. The predicted molar refractivity (Wildman–Crippen MR) is 133 cm³/mol. The second-order valence-corrected chi connectivity index (χ2v) is 8.00. The van der Waals surface area contributed by atoms with Crippen LogP contribution in [0.25, 0.3) is 10.9 Å². The van der Waals surface area contributed by atoms with Crippen LogP contribution in [-0.4, -0.2) is 68.6 Å². The minimum Gasteiger partial charge on any atom is -0.496 e. The van der Waals surface area contributed by atoms with Gasteiger partial charge in [0.15, 0.2) is 0 Å². The van der Waals surface area contributed by atoms with Gasteiger partial charge in [-0.25, -0.2) is 4.98 Å². The zero-order valence-electron chi connectivity index (χ0n) is 20.9. The molecule has 1 unspecified atom stereocenters. The molecule has 0 radical (unpaired) electrons. The van der Waals surface area contributed by atoms with Crippen molar-refractivity contribution in [1.82, 2.24) is 14.5 Å². The number of para-hydroxylation sites is 1. The maximum atomic E-state index is 14.0. The van der Waals surface area contributed by atoms with E-state index in [2.05, 4.69) is 0 Å². The van der Waals surface area contributed by atoms with E-state index < -0.39 is 6.04 Å². The number of benzene rings is 2. The molecule has 2 aromatic carbocycles. The highest BCUT2D eigenvalue weighted by atomic mass is 16.5. The summed E-state index contributed by atoms with van der Waals surface area (Å²) in [6.45, 7) is 3.36. The van der Waals surface area contributed by atoms with E-state index in [9.17, 15) is 9.59 Å². The number of hydrogen-bond donors (Lipinski definition) is 0. The largest absolute Gasteiger partial charge is 0.496 e. The molecule has 1 atom stereocenters. The van der Waals surface area contributed by atoms with Gasteiger partial charge < -0.3 is 23.8 Å². The van der Waals surface area contributed by atoms with Crippen LogP contribution in [0.2, 0.25) is 0 Å². The summed E-state index contributed by atoms with van der Waals surface area (Å²) in [7, 11) is 6.22. The molecule has 1 aromatic heterocycles. The standard InChI is InChI=1S/C26H33N3O6/c1-18(24-27-20-11-7-6-10-19(20)25(30)29(24)15-17-33-3)28(14-9-16-32-2)26(31)23-21(34-4)12-8-13-22(23)35-5/h6-8,10-13,18H,9,14-17H2,1-5H3. The van der Waals surface area contributed by atoms with Crippen LogP contribution in [0.1, 0.15) is 35.6 Å². The van der Waals surface area contributed by atoms with Gasteiger partial charge in [0.25, 0.3) is 11.5 Å². The summed E-state index contributed by atoms with van der Waals surface area (Å²) in [5, 5.41) is 0.517. The number of hydrogen-bond acceptors (Lipinski definition) is 7. The summed E-state index contributed by atoms with van der Waals surface area (Å²) in [5.41, 5.74) is 0.717. The van der Waals surface area contributed by atoms with E-state index in [-0.39, 0.29) is 11.5 Å². The van der Waals surface area contributed by atoms with Gasteiger partial charge in [0, 0.05) is 27.4 Å². The van der Waals surface area contributed by atoms with Gasteiger partial charge in [0.2, 0.25) is 0 Å². The predicted octanol–water partition coefficient (Wildman–Crippen LogP) is 3.30. The van der Waals surface area contributed by atoms with E-state index in [0.29, 0.717) is 66.5 Å². The summed E-state index contributed by atoms with van der Waals surface area (Å²) in [5.74, 6) is 0.997. The average Bonchev–Trinajstić information content (AvgIpc) is 2.89. The SMILES string of the molecule is COCCCN(C(=O)c1c(OC)cccc1OC)C(C)c1nc2ccccc2c(=O)n1CCOC. The molecule has 0 saturated carbocycles. The molecule has 9 heteroatoms. The summed E-state index contributed by atoms with van der Waals surface area (Å²) in [4.78, 5) is 33.9. The van der Waals surface area contributed by atoms with Crippen molar-refractivity contribution >= 4 is 16.8 Å². The van der Waals surface area contributed by atoms with E-state index in [0.717, 1.165) is 0 Å². The summed E-state index contributed by atoms with van der Waals surface area (Å²) >= 11 is 0. The van der Waals surface area contributed by atoms with Gasteiger partial charge in [-0.3, -0.25) is 14.2 Å². The van der Waals surface area contributed by atoms with Crippen molar-refractivity contribution in [1.29, 1.82) is 0 Å². The molecule has 1 heterocycles. The third kappa shape index (κ3) is 5.63. The van der Waals surface area contributed by atoms with Gasteiger partial charge in [0.1, 0.15) is 22.9 Å². The fraction of sp³-hybridized carbons (Fsp3) is 0.423. The Balaban J connectivity index is 2.15. The fourth-order valence-corrected chi connectivity index (χ4v) is 4.10. The van der Waals surface area contributed by atoms with Crippen LogP contribution in [0.15, 0.2) is 47.3 Å². The Morgan fingerprint density at radius 3 is 2.26 bits per heavy atom. The molecule has 0 spiro atoms. The average molecular weight is 484 g/mol. The van der Waals surface area contributed by atoms with Gasteiger partial charge in [-0.1, -0.05) is 18.2 Å². The van der Waals surface area contributed by atoms with Gasteiger partial charge in [-0.05, 0) is 37.6 Å². The van der Waals surface area contributed by atoms with Crippen molar-refractivity contribution in [2.45, 2.75) is 25.9 Å². The van der Waals surface area contributed by atoms with E-state index in [1.807, 2.05) is 19.1 Å². The lowest BCUT2D eigenvalue weighted by Gasteiger charge is -2.31. The first-order chi connectivity index (χ1) is 17.0. The van der Waals surface area contributed by atoms with Gasteiger partial charge in [-0.15, -0.1) is 0 Å². The first-order valence-corrected chi connectivity index (χ1v) is 11.5. The molecule has 0 N–H and O–H groups in total. The van der Waals surface area contributed by atoms with Gasteiger partial charge in [-0.2, -0.15) is 0 Å². The van der Waals surface area contributed by atoms with E-state index in [1.54, 1.807) is 54.0 Å². The van der Waals surface area contributed by atoms with Crippen LogP contribution in [0, 0.1) is 0 Å². The lowest BCUT2D eigenvalue weighted by molar-refractivity contribution is 0.0646. The van der Waals surface area contributed by atoms with Crippen molar-refractivity contribution in [3.63, 3.8) is 0 Å². The number of methoxy groups -OCH3 is 4. The Bertz CT molecular complexity index is 1190. The number of ether oxygens (including phenoxy) is 4. The van der Waals surface area contributed by atoms with Crippen LogP contribution in [-0.2, 0) is 16.0 Å². The number of nitrogens with zero attached hydrogens (tertiary/aromatic N) is 3. The smallest absolute Gasteiger partial charge is 0.262 e. The highest BCUT2D eigenvalue weighted by Crippen LogP contribution is 2.32. The van der Waals surface area contributed by atoms with Crippen molar-refractivity contribution < 1.29 is 23.7 Å². The molecule has 3 aromatic rings. The Kier molecular flexibility index (Phi) is 9.22. The Morgan fingerprint density at radius 1 is 0.971 bits per heavy atom. The minimum absolute atomic E-state index is 0.173. The van der Waals surface area contributed by atoms with Crippen LogP contribution in [0.5, 0.6) is 11.5 Å². The maximum absolute atomic E-state index is 14.0. The molecular weight excluding hydrogens is 450 g/mol. The van der Waals surface area contributed by atoms with Crippen LogP contribution < -0.4 is 15.0 Å². The Labute approximate surface area is 205 Å². The summed E-state index contributed by atoms with van der Waals surface area (Å²) < 4.78 is 23.0. The highest BCUT2D eigenvalue weighted by Gasteiger charge is 2.30. The van der Waals surface area contributed by atoms with Crippen LogP contribution in [0.3, 0.4) is 0 Å². The topological polar surface area (TPSA) is 92.1 Å². The van der Waals surface area contributed by atoms with Crippen LogP contribution in [0.4, 0.5) is 0 Å². The monoisotopic (exact) mass is 483 g/mol. The second kappa shape index (κ2) is 12.3. The summed E-state index contributed by atoms with van der Waals surface area (Å²) in [6.07, 6.45) is 0.597. The van der Waals surface area contributed by atoms with Gasteiger partial charge >= 0.3 is 0 Å². The molecule has 0 aliphatic heterocycles. The molecule has 0 saturated heterocycles. The zero-order chi connectivity index (χ0) is 25.4. The van der Waals surface area contributed by atoms with Crippen molar-refractivity contribution in [2.75, 3.05) is 48.2 Å². The second-order valence-electron chi connectivity index (χ2n) is 8.00.